The van der Waals surface area contributed by atoms with Gasteiger partial charge >= 0.3 is 35.0 Å². The minimum atomic E-state index is -0.994. The number of halogens is 7. The largest absolute Gasteiger partial charge is 2.00 e. The number of aliphatic hydroxyl groups is 1. The van der Waals surface area contributed by atoms with E-state index >= 15 is 0 Å². The van der Waals surface area contributed by atoms with Crippen LogP contribution in [0.4, 0.5) is 32.0 Å². The van der Waals surface area contributed by atoms with Crippen molar-refractivity contribution in [3.8, 4) is 22.8 Å². The summed E-state index contributed by atoms with van der Waals surface area (Å²) in [7, 11) is 2.58. The number of nitrogens with one attached hydrogen (secondary N) is 2. The van der Waals surface area contributed by atoms with Crippen molar-refractivity contribution in [2.45, 2.75) is 26.9 Å². The van der Waals surface area contributed by atoms with E-state index in [2.05, 4.69) is 29.4 Å². The molecule has 8 aromatic rings. The molecule has 0 atom stereocenters. The zero-order valence-corrected chi connectivity index (χ0v) is 41.3. The molecule has 2 heterocycles. The van der Waals surface area contributed by atoms with Crippen molar-refractivity contribution in [2.75, 3.05) is 20.0 Å². The molecule has 2 aromatic heterocycles. The molecule has 0 radical (unpaired) electrons. The predicted molar refractivity (Wildman–Crippen MR) is 263 cm³/mol. The van der Waals surface area contributed by atoms with Crippen molar-refractivity contribution in [1.29, 1.82) is 0 Å². The number of primary amides is 1. The van der Waals surface area contributed by atoms with E-state index < -0.39 is 75.2 Å². The quantitative estimate of drug-likeness (QED) is 0.0337. The molecule has 0 aliphatic carbocycles. The third-order valence-corrected chi connectivity index (χ3v) is 9.73. The van der Waals surface area contributed by atoms with Crippen LogP contribution in [0.5, 0.6) is 0 Å². The number of ether oxygens (including phenoxy) is 2. The van der Waals surface area contributed by atoms with Crippen LogP contribution >= 0.6 is 0 Å². The topological polar surface area (TPSA) is 251 Å². The first kappa shape index (κ1) is 64.1. The molecule has 0 aliphatic heterocycles. The monoisotopic (exact) mass is 1060 g/mol. The van der Waals surface area contributed by atoms with Crippen molar-refractivity contribution in [1.82, 2.24) is 19.9 Å². The van der Waals surface area contributed by atoms with Gasteiger partial charge in [-0.15, -0.1) is 0 Å². The van der Waals surface area contributed by atoms with Gasteiger partial charge in [-0.05, 0) is 61.9 Å². The van der Waals surface area contributed by atoms with E-state index in [1.807, 2.05) is 0 Å². The van der Waals surface area contributed by atoms with Gasteiger partial charge in [0.1, 0.15) is 52.2 Å². The number of carbonyl (C=O) groups is 4. The van der Waals surface area contributed by atoms with Crippen LogP contribution in [0, 0.1) is 42.3 Å². The summed E-state index contributed by atoms with van der Waals surface area (Å²) in [6, 6.07) is 23.6. The van der Waals surface area contributed by atoms with Crippen LogP contribution < -0.4 is 35.0 Å². The molecule has 0 saturated carbocycles. The Morgan fingerprint density at radius 3 is 1.36 bits per heavy atom. The summed E-state index contributed by atoms with van der Waals surface area (Å²) in [4.78, 5) is 80.2. The number of anilines is 1. The fourth-order valence-electron chi connectivity index (χ4n) is 6.13. The second kappa shape index (κ2) is 27.8. The Kier molecular flexibility index (Phi) is 24.1. The average molecular weight is 1060 g/mol. The van der Waals surface area contributed by atoms with Gasteiger partial charge in [0.25, 0.3) is 17.0 Å². The summed E-state index contributed by atoms with van der Waals surface area (Å²) in [5, 5.41) is 9.63. The summed E-state index contributed by atoms with van der Waals surface area (Å²) >= 11 is 0. The third-order valence-electron chi connectivity index (χ3n) is 9.73. The number of esters is 2. The molecule has 23 heteroatoms. The van der Waals surface area contributed by atoms with Crippen molar-refractivity contribution in [2.24, 2.45) is 5.73 Å². The van der Waals surface area contributed by atoms with Gasteiger partial charge in [0, 0.05) is 34.9 Å². The molecule has 0 saturated heterocycles. The van der Waals surface area contributed by atoms with E-state index in [1.54, 1.807) is 62.4 Å². The van der Waals surface area contributed by atoms with Gasteiger partial charge in [0.15, 0.2) is 11.6 Å². The van der Waals surface area contributed by atoms with E-state index in [-0.39, 0.29) is 89.3 Å². The number of H-pyrrole nitrogens is 2. The van der Waals surface area contributed by atoms with E-state index in [0.29, 0.717) is 51.6 Å². The Balaban J connectivity index is 0.000000506. The Bertz CT molecular complexity index is 3400. The summed E-state index contributed by atoms with van der Waals surface area (Å²) < 4.78 is 88.2. The van der Waals surface area contributed by atoms with Crippen LogP contribution in [-0.2, 0) is 15.1 Å². The number of aromatic nitrogens is 4. The second-order valence-corrected chi connectivity index (χ2v) is 15.0. The number of aromatic amines is 2. The number of amides is 1. The Hall–Kier alpha value is -7.92. The molecule has 0 fully saturated rings. The molecule has 7 N–H and O–H groups in total. The molecule has 8 rings (SSSR count). The Labute approximate surface area is 440 Å². The number of hydrogen-bond acceptors (Lipinski definition) is 12. The van der Waals surface area contributed by atoms with Crippen molar-refractivity contribution < 1.29 is 72.5 Å². The van der Waals surface area contributed by atoms with Gasteiger partial charge in [-0.1, -0.05) is 56.0 Å². The maximum absolute atomic E-state index is 13.9. The number of nitrogens with two attached hydrogens (primary N) is 2. The van der Waals surface area contributed by atoms with Crippen LogP contribution in [0.25, 0.3) is 44.6 Å². The van der Waals surface area contributed by atoms with Crippen LogP contribution in [0.1, 0.15) is 68.3 Å². The summed E-state index contributed by atoms with van der Waals surface area (Å²) in [5.41, 5.74) is 9.52. The number of carbonyl (C=O) groups excluding carboxylic acids is 4. The zero-order chi connectivity index (χ0) is 51.6. The predicted octanol–water partition coefficient (Wildman–Crippen LogP) is 5.39. The fourth-order valence-corrected chi connectivity index (χ4v) is 6.13. The molecular formula is C51H45ClF6MgN6O9. The SMILES string of the molecule is C.CC(C)(O)c1ccc(-c2nc3c(F)cc(F)cc3c(=O)[nH]2)cc1.COC(=O)c1ccc(-c2nc3c(F)cc(F)cc3c(=O)[nH]2)cc1.COC(=O)c1ccc(C=O)cc1.NC(=O)c1cc(F)cc(F)c1N.[CH3-].[Cl-].[Mg+2]. The average Bonchev–Trinajstić information content (AvgIpc) is 3.33. The van der Waals surface area contributed by atoms with Crippen LogP contribution in [0.3, 0.4) is 0 Å². The van der Waals surface area contributed by atoms with E-state index in [4.69, 9.17) is 11.5 Å². The van der Waals surface area contributed by atoms with Crippen molar-refractivity contribution >= 4 is 74.7 Å². The zero-order valence-electron chi connectivity index (χ0n) is 39.1. The molecule has 0 unspecified atom stereocenters. The van der Waals surface area contributed by atoms with Crippen LogP contribution in [-0.4, -0.2) is 86.4 Å². The second-order valence-electron chi connectivity index (χ2n) is 15.0. The van der Waals surface area contributed by atoms with Gasteiger partial charge in [0.05, 0.1) is 53.0 Å². The fraction of sp³-hybridized carbons (Fsp3) is 0.118. The molecule has 74 heavy (non-hydrogen) atoms. The molecular weight excluding hydrogens is 1010 g/mol. The van der Waals surface area contributed by atoms with Gasteiger partial charge in [-0.3, -0.25) is 19.2 Å². The number of fused-ring (bicyclic) bond motifs is 2. The van der Waals surface area contributed by atoms with Gasteiger partial charge in [-0.2, -0.15) is 0 Å². The number of rotatable bonds is 7. The Morgan fingerprint density at radius 1 is 0.635 bits per heavy atom. The number of nitrogens with zero attached hydrogens (tertiary/aromatic N) is 2. The van der Waals surface area contributed by atoms with Gasteiger partial charge in [-0.25, -0.2) is 45.9 Å². The molecule has 1 amide bonds. The smallest absolute Gasteiger partial charge is 1.00 e. The van der Waals surface area contributed by atoms with Crippen molar-refractivity contribution in [3.63, 3.8) is 0 Å². The number of nitrogen functional groups attached to an aromatic ring is 1. The normalized spacial score (nSPS) is 10.1. The van der Waals surface area contributed by atoms with Gasteiger partial charge < -0.3 is 55.8 Å². The van der Waals surface area contributed by atoms with Gasteiger partial charge in [0.2, 0.25) is 0 Å². The molecule has 0 aliphatic rings. The van der Waals surface area contributed by atoms with Crippen LogP contribution in [0.2, 0.25) is 0 Å². The minimum absolute atomic E-state index is 0. The standard InChI is InChI=1S/C17H14F2N2O2.C16H10F2N2O3.C9H8O3.C7H6F2N2O.CH4.CH3.ClH.Mg/c1-17(2,23)10-5-3-9(4-6-10)15-20-14-12(16(22)21-15)7-11(18)8-13(14)19;1-23-16(22)9-4-2-8(3-5-9)14-19-13-11(15(21)20-14)6-10(17)7-12(13)18;1-12-9(11)8-4-2-7(6-10)3-5-8;8-3-1-4(7(11)12)6(10)5(9)2-3;;;;/h3-8,23H,1-2H3,(H,20,21,22);2-7H,1H3,(H,19,20,21);2-6H,1H3;1-2H,10H2,(H2,11,12);1H4;1H3;1H;/q;;;;;-1;;+2/p-1. The van der Waals surface area contributed by atoms with E-state index in [1.165, 1.54) is 38.5 Å². The molecule has 384 valence electrons. The molecule has 15 nitrogen and oxygen atoms in total. The maximum atomic E-state index is 13.9. The minimum Gasteiger partial charge on any atom is -1.00 e. The molecule has 0 bridgehead atoms. The third kappa shape index (κ3) is 16.0. The van der Waals surface area contributed by atoms with E-state index in [9.17, 15) is 60.2 Å². The number of methoxy groups -OCH3 is 2. The first-order valence-electron chi connectivity index (χ1n) is 20.0. The summed E-state index contributed by atoms with van der Waals surface area (Å²) in [6.07, 6.45) is 0.723. The summed E-state index contributed by atoms with van der Waals surface area (Å²) in [5.74, 6) is -6.91. The molecule has 0 spiro atoms. The Morgan fingerprint density at radius 2 is 1.00 bits per heavy atom. The maximum Gasteiger partial charge on any atom is 2.00 e. The first-order valence-corrected chi connectivity index (χ1v) is 20.0. The van der Waals surface area contributed by atoms with Crippen molar-refractivity contribution in [3.05, 3.63) is 200 Å². The van der Waals surface area contributed by atoms with E-state index in [0.717, 1.165) is 24.5 Å². The number of aldehydes is 1. The number of hydrogen-bond donors (Lipinski definition) is 5. The first-order chi connectivity index (χ1) is 33.0. The van der Waals surface area contributed by atoms with Crippen LogP contribution in [0.15, 0.2) is 119 Å². The number of benzene rings is 6. The molecule has 6 aromatic carbocycles. The summed E-state index contributed by atoms with van der Waals surface area (Å²) in [6.45, 7) is 3.31.